The lowest BCUT2D eigenvalue weighted by molar-refractivity contribution is -0.0327. The van der Waals surface area contributed by atoms with Gasteiger partial charge in [0, 0.05) is 57.2 Å². The Hall–Kier alpha value is -4.65. The summed E-state index contributed by atoms with van der Waals surface area (Å²) in [5.74, 6) is 6.45. The first-order valence-electron chi connectivity index (χ1n) is 17.0. The molecule has 1 aliphatic rings. The summed E-state index contributed by atoms with van der Waals surface area (Å²) in [7, 11) is 4.85. The van der Waals surface area contributed by atoms with E-state index in [1.54, 1.807) is 42.5 Å². The van der Waals surface area contributed by atoms with Crippen molar-refractivity contribution in [3.63, 3.8) is 0 Å². The van der Waals surface area contributed by atoms with Crippen LogP contribution in [0.15, 0.2) is 65.2 Å². The maximum absolute atomic E-state index is 13.5. The molecule has 0 aliphatic carbocycles. The van der Waals surface area contributed by atoms with Gasteiger partial charge >= 0.3 is 5.51 Å². The molecule has 1 aliphatic heterocycles. The van der Waals surface area contributed by atoms with Gasteiger partial charge in [-0.15, -0.1) is 0 Å². The first-order chi connectivity index (χ1) is 25.0. The second kappa shape index (κ2) is 22.3. The summed E-state index contributed by atoms with van der Waals surface area (Å²) in [4.78, 5) is 14.1. The van der Waals surface area contributed by atoms with Crippen molar-refractivity contribution in [2.75, 3.05) is 64.6 Å². The van der Waals surface area contributed by atoms with E-state index in [4.69, 9.17) is 15.3 Å². The number of amides is 1. The number of hydrogen-bond donors (Lipinski definition) is 6. The number of aliphatic hydroxyl groups excluding tert-OH is 1. The fourth-order valence-electron chi connectivity index (χ4n) is 5.20. The number of nitrogens with zero attached hydrogens (tertiary/aromatic N) is 3. The van der Waals surface area contributed by atoms with Crippen LogP contribution in [0.25, 0.3) is 5.52 Å². The Kier molecular flexibility index (Phi) is 18.7. The molecule has 0 unspecified atom stereocenters. The molecule has 284 valence electrons. The number of rotatable bonds is 13. The number of nitrogens with one attached hydrogen (secondary N) is 5. The van der Waals surface area contributed by atoms with Gasteiger partial charge in [-0.3, -0.25) is 4.79 Å². The number of carbonyl (C=O) groups excluding carboxylic acids is 1. The second-order valence-electron chi connectivity index (χ2n) is 11.0. The fourth-order valence-corrected chi connectivity index (χ4v) is 5.88. The molecule has 3 aromatic rings. The number of likely N-dealkylation sites (tertiary alicyclic amines) is 1. The van der Waals surface area contributed by atoms with Crippen LogP contribution in [0.5, 0.6) is 5.75 Å². The number of pyridine rings is 1. The van der Waals surface area contributed by atoms with Crippen molar-refractivity contribution in [1.82, 2.24) is 25.1 Å². The Morgan fingerprint density at radius 3 is 2.48 bits per heavy atom. The van der Waals surface area contributed by atoms with E-state index in [-0.39, 0.29) is 47.5 Å². The van der Waals surface area contributed by atoms with Gasteiger partial charge in [0.1, 0.15) is 17.3 Å². The number of fused-ring (bicyclic) bond motifs is 1. The van der Waals surface area contributed by atoms with Gasteiger partial charge < -0.3 is 41.4 Å². The van der Waals surface area contributed by atoms with Crippen molar-refractivity contribution >= 4 is 40.9 Å². The monoisotopic (exact) mass is 744 g/mol. The van der Waals surface area contributed by atoms with Crippen LogP contribution < -0.4 is 26.0 Å². The summed E-state index contributed by atoms with van der Waals surface area (Å²) in [5.41, 5.74) is -1.28. The lowest BCUT2D eigenvalue weighted by Crippen LogP contribution is -2.40. The highest BCUT2D eigenvalue weighted by Crippen LogP contribution is 2.41. The highest BCUT2D eigenvalue weighted by Gasteiger charge is 2.33. The third kappa shape index (κ3) is 13.2. The van der Waals surface area contributed by atoms with E-state index >= 15 is 0 Å². The van der Waals surface area contributed by atoms with Gasteiger partial charge in [-0.2, -0.15) is 18.3 Å². The molecule has 0 spiro atoms. The molecule has 1 saturated heterocycles. The van der Waals surface area contributed by atoms with Crippen molar-refractivity contribution < 1.29 is 27.8 Å². The summed E-state index contributed by atoms with van der Waals surface area (Å²) in [6.45, 7) is 12.3. The first-order valence-corrected chi connectivity index (χ1v) is 17.9. The number of allylic oxidation sites excluding steroid dienone is 2. The molecule has 11 nitrogen and oxygen atoms in total. The molecule has 0 bridgehead atoms. The zero-order valence-electron chi connectivity index (χ0n) is 30.7. The number of likely N-dealkylation sites (N-methyl/N-ethyl adjacent to an activating group) is 1. The van der Waals surface area contributed by atoms with Crippen LogP contribution in [0, 0.1) is 17.3 Å². The van der Waals surface area contributed by atoms with Crippen LogP contribution in [0.4, 0.5) is 24.7 Å². The predicted molar refractivity (Wildman–Crippen MR) is 206 cm³/mol. The van der Waals surface area contributed by atoms with Crippen molar-refractivity contribution in [2.45, 2.75) is 56.5 Å². The number of anilines is 2. The number of hydrogen-bond acceptors (Lipinski definition) is 10. The number of aliphatic hydroxyl groups is 1. The summed E-state index contributed by atoms with van der Waals surface area (Å²) in [6.07, 6.45) is 5.62. The molecule has 4 rings (SSSR count). The number of carbonyl (C=O) groups is 1. The molecule has 2 aromatic heterocycles. The second-order valence-corrected chi connectivity index (χ2v) is 12.1. The summed E-state index contributed by atoms with van der Waals surface area (Å²) in [6, 6.07) is 10.1. The van der Waals surface area contributed by atoms with Crippen LogP contribution in [-0.4, -0.2) is 97.3 Å². The number of aromatic nitrogens is 2. The van der Waals surface area contributed by atoms with E-state index in [0.717, 1.165) is 43.6 Å². The van der Waals surface area contributed by atoms with Gasteiger partial charge in [-0.1, -0.05) is 39.3 Å². The number of piperidine rings is 1. The molecule has 0 atom stereocenters. The standard InChI is InChI=1S/C27H31F3N6O3S.C8H14N2.C2H6/c1-31-26(38)18-8-9-23(39-2)21(17-18)32-12-4-5-20-25(40-27(28,29)30)22-6-3-7-24(36(22)34-20)33-19-10-13-35(14-11-19)15-16-37;1-4-8(5-6-9)7(2)10-3;1-2/h3,6-9,17,19,32-33,37H,10-16H2,1-2H3,(H,31,38);5-6,9-10H,2,4H2,1,3H3;1-2H3/b;8-5+,9-6?;. The van der Waals surface area contributed by atoms with Crippen LogP contribution >= 0.6 is 11.8 Å². The Labute approximate surface area is 309 Å². The highest BCUT2D eigenvalue weighted by molar-refractivity contribution is 8.00. The van der Waals surface area contributed by atoms with Gasteiger partial charge in [-0.05, 0) is 78.9 Å². The summed E-state index contributed by atoms with van der Waals surface area (Å²) < 4.78 is 47.3. The molecule has 52 heavy (non-hydrogen) atoms. The molecular weight excluding hydrogens is 694 g/mol. The number of benzene rings is 1. The number of ether oxygens (including phenoxy) is 1. The molecule has 3 heterocycles. The van der Waals surface area contributed by atoms with E-state index in [9.17, 15) is 18.0 Å². The first kappa shape index (κ1) is 43.5. The number of alkyl halides is 3. The molecule has 0 saturated carbocycles. The normalized spacial score (nSPS) is 13.3. The molecule has 6 N–H and O–H groups in total. The van der Waals surface area contributed by atoms with Gasteiger partial charge in [-0.25, -0.2) is 4.52 Å². The topological polar surface area (TPSA) is 139 Å². The lowest BCUT2D eigenvalue weighted by atomic mass is 10.1. The predicted octanol–water partition coefficient (Wildman–Crippen LogP) is 6.38. The maximum Gasteiger partial charge on any atom is 0.446 e. The van der Waals surface area contributed by atoms with Crippen molar-refractivity contribution in [3.8, 4) is 17.6 Å². The van der Waals surface area contributed by atoms with E-state index in [0.29, 0.717) is 34.9 Å². The van der Waals surface area contributed by atoms with Crippen LogP contribution in [0.1, 0.15) is 56.1 Å². The van der Waals surface area contributed by atoms with Gasteiger partial charge in [0.15, 0.2) is 0 Å². The quantitative estimate of drug-likeness (QED) is 0.0510. The van der Waals surface area contributed by atoms with Crippen molar-refractivity contribution in [3.05, 3.63) is 71.6 Å². The summed E-state index contributed by atoms with van der Waals surface area (Å²) >= 11 is -0.237. The average Bonchev–Trinajstić information content (AvgIpc) is 3.49. The Morgan fingerprint density at radius 2 is 1.90 bits per heavy atom. The van der Waals surface area contributed by atoms with Crippen molar-refractivity contribution in [2.24, 2.45) is 0 Å². The third-order valence-electron chi connectivity index (χ3n) is 7.80. The number of methoxy groups -OCH3 is 1. The van der Waals surface area contributed by atoms with E-state index < -0.39 is 5.51 Å². The number of thioether (sulfide) groups is 1. The van der Waals surface area contributed by atoms with Crippen LogP contribution in [-0.2, 0) is 0 Å². The molecule has 15 heteroatoms. The molecule has 1 aromatic carbocycles. The van der Waals surface area contributed by atoms with Gasteiger partial charge in [0.2, 0.25) is 0 Å². The molecule has 0 radical (unpaired) electrons. The van der Waals surface area contributed by atoms with Crippen molar-refractivity contribution in [1.29, 1.82) is 5.41 Å². The van der Waals surface area contributed by atoms with E-state index in [1.165, 1.54) is 24.9 Å². The Morgan fingerprint density at radius 1 is 1.19 bits per heavy atom. The fraction of sp³-hybridized carbons (Fsp3) is 0.432. The minimum atomic E-state index is -4.52. The molecular formula is C37H51F3N8O3S. The average molecular weight is 745 g/mol. The number of β-amino-alcohol motifs (C(OH)–C–C–N with tert-alkyl or cyclic N) is 1. The minimum Gasteiger partial charge on any atom is -0.495 e. The zero-order valence-corrected chi connectivity index (χ0v) is 31.5. The SMILES string of the molecule is C=C(NC)/C(=C/C=N)CC.CC.CNC(=O)c1ccc(OC)c(NCC#Cc2nn3c(NC4CCN(CCO)CC4)cccc3c2SC(F)(F)F)c1. The maximum atomic E-state index is 13.5. The van der Waals surface area contributed by atoms with Gasteiger partial charge in [0.05, 0.1) is 36.4 Å². The van der Waals surface area contributed by atoms with Crippen LogP contribution in [0.3, 0.4) is 0 Å². The molecule has 1 fully saturated rings. The Bertz CT molecular complexity index is 1710. The summed E-state index contributed by atoms with van der Waals surface area (Å²) in [5, 5.41) is 32.4. The van der Waals surface area contributed by atoms with E-state index in [2.05, 4.69) is 49.7 Å². The number of halogens is 3. The zero-order chi connectivity index (χ0) is 38.7. The van der Waals surface area contributed by atoms with E-state index in [1.807, 2.05) is 27.8 Å². The third-order valence-corrected chi connectivity index (χ3v) is 8.64. The van der Waals surface area contributed by atoms with Gasteiger partial charge in [0.25, 0.3) is 5.91 Å². The van der Waals surface area contributed by atoms with Crippen LogP contribution in [0.2, 0.25) is 0 Å². The lowest BCUT2D eigenvalue weighted by Gasteiger charge is -2.32. The largest absolute Gasteiger partial charge is 0.495 e. The highest BCUT2D eigenvalue weighted by atomic mass is 32.2. The smallest absolute Gasteiger partial charge is 0.446 e. The minimum absolute atomic E-state index is 0.0159. The Balaban J connectivity index is 0.000000674. The molecule has 1 amide bonds.